The highest BCUT2D eigenvalue weighted by Gasteiger charge is 2.64. The van der Waals surface area contributed by atoms with Crippen LogP contribution in [0.5, 0.6) is 28.7 Å². The van der Waals surface area contributed by atoms with Crippen molar-refractivity contribution in [3.63, 3.8) is 0 Å². The second kappa shape index (κ2) is 14.3. The van der Waals surface area contributed by atoms with E-state index >= 15 is 0 Å². The number of imide groups is 1. The van der Waals surface area contributed by atoms with E-state index < -0.39 is 46.1 Å². The van der Waals surface area contributed by atoms with Crippen molar-refractivity contribution < 1.29 is 33.6 Å². The maximum atomic E-state index is 14.6. The first kappa shape index (κ1) is 38.1. The lowest BCUT2D eigenvalue weighted by atomic mass is 9.58. The molecule has 2 amide bonds. The molecule has 0 radical (unpaired) electrons. The summed E-state index contributed by atoms with van der Waals surface area (Å²) in [4.78, 5) is 76.7. The molecule has 5 aromatic rings. The number of hydrogen-bond acceptors (Lipinski definition) is 11. The van der Waals surface area contributed by atoms with Gasteiger partial charge in [-0.25, -0.2) is 33.4 Å². The molecular formula is C42H42N6O10. The van der Waals surface area contributed by atoms with Gasteiger partial charge in [-0.2, -0.15) is 0 Å². The summed E-state index contributed by atoms with van der Waals surface area (Å²) in [6, 6.07) is 14.5. The van der Waals surface area contributed by atoms with Crippen LogP contribution in [0.4, 0.5) is 5.69 Å². The molecular weight excluding hydrogens is 748 g/mol. The maximum Gasteiger partial charge on any atom is 0.347 e. The van der Waals surface area contributed by atoms with Crippen molar-refractivity contribution in [2.45, 2.75) is 38.9 Å². The van der Waals surface area contributed by atoms with Gasteiger partial charge in [-0.05, 0) is 48.7 Å². The van der Waals surface area contributed by atoms with E-state index in [1.807, 2.05) is 12.2 Å². The normalized spacial score (nSPS) is 21.2. The number of carbonyl (C=O) groups is 2. The summed E-state index contributed by atoms with van der Waals surface area (Å²) in [5, 5.41) is 10.5. The summed E-state index contributed by atoms with van der Waals surface area (Å²) in [6.07, 6.45) is 5.52. The number of hydrogen-bond donors (Lipinski definition) is 1. The summed E-state index contributed by atoms with van der Waals surface area (Å²) >= 11 is 0. The van der Waals surface area contributed by atoms with E-state index in [1.165, 1.54) is 47.3 Å². The Morgan fingerprint density at radius 3 is 2.19 bits per heavy atom. The van der Waals surface area contributed by atoms with Gasteiger partial charge in [0.2, 0.25) is 17.6 Å². The second-order valence-corrected chi connectivity index (χ2v) is 14.7. The van der Waals surface area contributed by atoms with Gasteiger partial charge < -0.3 is 28.6 Å². The largest absolute Gasteiger partial charge is 0.502 e. The number of phenolic OH excluding ortho intramolecular Hbond substituents is 1. The van der Waals surface area contributed by atoms with Crippen molar-refractivity contribution in [1.29, 1.82) is 0 Å². The quantitative estimate of drug-likeness (QED) is 0.162. The number of aryl methyl sites for hydroxylation is 2. The Kier molecular flexibility index (Phi) is 9.36. The van der Waals surface area contributed by atoms with E-state index in [1.54, 1.807) is 74.6 Å². The molecule has 4 atom stereocenters. The molecule has 8 rings (SSSR count). The highest BCUT2D eigenvalue weighted by molar-refractivity contribution is 6.24. The van der Waals surface area contributed by atoms with Gasteiger partial charge >= 0.3 is 11.4 Å². The fourth-order valence-corrected chi connectivity index (χ4v) is 8.85. The molecule has 58 heavy (non-hydrogen) atoms. The first-order valence-corrected chi connectivity index (χ1v) is 18.7. The van der Waals surface area contributed by atoms with Crippen LogP contribution in [0, 0.1) is 17.3 Å². The molecule has 3 aliphatic rings. The van der Waals surface area contributed by atoms with Crippen LogP contribution in [0.1, 0.15) is 30.6 Å². The van der Waals surface area contributed by atoms with Gasteiger partial charge in [-0.15, -0.1) is 0 Å². The van der Waals surface area contributed by atoms with Crippen LogP contribution in [0.2, 0.25) is 0 Å². The molecule has 4 heterocycles. The smallest absolute Gasteiger partial charge is 0.347 e. The van der Waals surface area contributed by atoms with Crippen molar-refractivity contribution >= 4 is 34.6 Å². The third-order valence-electron chi connectivity index (χ3n) is 11.9. The fraction of sp³-hybridized carbons (Fsp3) is 0.333. The number of ether oxygens (including phenoxy) is 4. The minimum Gasteiger partial charge on any atom is -0.502 e. The van der Waals surface area contributed by atoms with Crippen molar-refractivity contribution in [3.8, 4) is 28.7 Å². The number of phenols is 1. The number of allylic oxidation sites excluding steroid dienone is 3. The average molecular weight is 791 g/mol. The van der Waals surface area contributed by atoms with Gasteiger partial charge in [-0.1, -0.05) is 36.4 Å². The third-order valence-corrected chi connectivity index (χ3v) is 11.9. The van der Waals surface area contributed by atoms with Gasteiger partial charge in [0, 0.05) is 38.1 Å². The monoisotopic (exact) mass is 790 g/mol. The molecule has 3 aromatic carbocycles. The lowest BCUT2D eigenvalue weighted by molar-refractivity contribution is -0.129. The van der Waals surface area contributed by atoms with Crippen LogP contribution in [0.25, 0.3) is 17.1 Å². The van der Waals surface area contributed by atoms with Crippen molar-refractivity contribution in [3.05, 3.63) is 115 Å². The van der Waals surface area contributed by atoms with Gasteiger partial charge in [0.1, 0.15) is 5.69 Å². The zero-order chi connectivity index (χ0) is 41.2. The Hall–Kier alpha value is -6.84. The Bertz CT molecular complexity index is 2740. The Labute approximate surface area is 331 Å². The number of anilines is 1. The molecule has 16 nitrogen and oxygen atoms in total. The first-order valence-electron chi connectivity index (χ1n) is 18.7. The fourth-order valence-electron chi connectivity index (χ4n) is 8.85. The van der Waals surface area contributed by atoms with E-state index in [4.69, 9.17) is 18.9 Å². The van der Waals surface area contributed by atoms with E-state index in [-0.39, 0.29) is 54.8 Å². The number of fused-ring (bicyclic) bond motifs is 5. The number of methoxy groups -OCH3 is 4. The van der Waals surface area contributed by atoms with Crippen LogP contribution in [-0.4, -0.2) is 68.8 Å². The average Bonchev–Trinajstić information content (AvgIpc) is 3.59. The van der Waals surface area contributed by atoms with Crippen molar-refractivity contribution in [2.24, 2.45) is 24.3 Å². The molecule has 300 valence electrons. The lowest BCUT2D eigenvalue weighted by Crippen LogP contribution is -2.49. The molecule has 0 bridgehead atoms. The summed E-state index contributed by atoms with van der Waals surface area (Å²) in [7, 11) is 7.44. The Morgan fingerprint density at radius 2 is 1.53 bits per heavy atom. The van der Waals surface area contributed by atoms with Gasteiger partial charge in [-0.3, -0.25) is 14.4 Å². The number of nitrogens with zero attached hydrogens (tertiary/aromatic N) is 6. The number of para-hydroxylation sites is 1. The van der Waals surface area contributed by atoms with Gasteiger partial charge in [0.15, 0.2) is 23.0 Å². The number of aromatic hydroxyl groups is 1. The van der Waals surface area contributed by atoms with Gasteiger partial charge in [0.05, 0.1) is 69.1 Å². The molecule has 1 saturated heterocycles. The molecule has 1 saturated carbocycles. The number of carbonyl (C=O) groups excluding carboxylic acids is 2. The second-order valence-electron chi connectivity index (χ2n) is 14.7. The third kappa shape index (κ3) is 5.64. The van der Waals surface area contributed by atoms with E-state index in [0.29, 0.717) is 39.4 Å². The lowest BCUT2D eigenvalue weighted by Gasteiger charge is -2.45. The topological polar surface area (TPSA) is 178 Å². The summed E-state index contributed by atoms with van der Waals surface area (Å²) in [6.45, 7) is 1.67. The molecule has 1 N–H and O–H groups in total. The SMILES string of the molecule is COc1cc2nc(CCn3c(=O)n4n(c3=O)[C@@H]3C[C@H]5C(=O)N(c6ccccc6)C(=O)[C@@]5(C)[C@@H](C=Cc5cc(OC)c(O)c(OC)c5)C3=CC4)c(=O)n(C)c2cc1OC. The zero-order valence-corrected chi connectivity index (χ0v) is 32.8. The standard InChI is InChI=1S/C42H42N6O10/c1-42-26(13-12-23-18-34(57-5)36(49)35(19-23)58-6)25-14-17-46-40(53)45(16-15-28-38(51)44(2)31-22-33(56-4)32(55-3)21-29(31)43-28)41(54)48(46)30(25)20-27(42)37(50)47(39(42)52)24-10-8-7-9-11-24/h7-14,18-19,21-22,26-27,30,49H,15-17,20H2,1-6H3/t26-,27-,30+,42-/m0/s1. The maximum absolute atomic E-state index is 14.6. The van der Waals surface area contributed by atoms with Gasteiger partial charge in [0.25, 0.3) is 5.56 Å². The molecule has 16 heteroatoms. The number of aromatic nitrogens is 5. The molecule has 2 aliphatic heterocycles. The summed E-state index contributed by atoms with van der Waals surface area (Å²) < 4.78 is 26.8. The van der Waals surface area contributed by atoms with E-state index in [0.717, 1.165) is 4.57 Å². The predicted octanol–water partition coefficient (Wildman–Crippen LogP) is 3.45. The predicted molar refractivity (Wildman–Crippen MR) is 213 cm³/mol. The zero-order valence-electron chi connectivity index (χ0n) is 32.8. The molecule has 2 aromatic heterocycles. The summed E-state index contributed by atoms with van der Waals surface area (Å²) in [5.41, 5.74) is 0.0321. The highest BCUT2D eigenvalue weighted by Crippen LogP contribution is 2.58. The van der Waals surface area contributed by atoms with Crippen molar-refractivity contribution in [1.82, 2.24) is 23.5 Å². The molecule has 0 spiro atoms. The number of benzene rings is 3. The van der Waals surface area contributed by atoms with E-state index in [2.05, 4.69) is 4.98 Å². The first-order chi connectivity index (χ1) is 27.9. The van der Waals surface area contributed by atoms with Crippen LogP contribution < -0.4 is 40.8 Å². The van der Waals surface area contributed by atoms with Crippen LogP contribution in [-0.2, 0) is 36.1 Å². The minimum atomic E-state index is -1.26. The molecule has 2 fully saturated rings. The Balaban J connectivity index is 1.19. The summed E-state index contributed by atoms with van der Waals surface area (Å²) in [5.74, 6) is -1.29. The van der Waals surface area contributed by atoms with Crippen LogP contribution in [0.3, 0.4) is 0 Å². The molecule has 0 unspecified atom stereocenters. The highest BCUT2D eigenvalue weighted by atomic mass is 16.5. The molecule has 1 aliphatic carbocycles. The Morgan fingerprint density at radius 1 is 0.879 bits per heavy atom. The number of rotatable bonds is 10. The van der Waals surface area contributed by atoms with Crippen LogP contribution in [0.15, 0.2) is 86.7 Å². The van der Waals surface area contributed by atoms with Crippen LogP contribution >= 0.6 is 0 Å². The van der Waals surface area contributed by atoms with E-state index in [9.17, 15) is 29.1 Å². The number of amides is 2. The van der Waals surface area contributed by atoms with Crippen molar-refractivity contribution in [2.75, 3.05) is 33.3 Å². The minimum absolute atomic E-state index is 0.0221.